The molecule has 0 aliphatic carbocycles. The Balaban J connectivity index is 1.84. The zero-order valence-electron chi connectivity index (χ0n) is 9.49. The summed E-state index contributed by atoms with van der Waals surface area (Å²) in [5.74, 6) is 1.50. The predicted molar refractivity (Wildman–Crippen MR) is 68.2 cm³/mol. The summed E-state index contributed by atoms with van der Waals surface area (Å²) < 4.78 is 0. The summed E-state index contributed by atoms with van der Waals surface area (Å²) in [6, 6.07) is 7.67. The van der Waals surface area contributed by atoms with Crippen molar-refractivity contribution in [3.8, 4) is 6.07 Å². The van der Waals surface area contributed by atoms with Gasteiger partial charge in [-0.1, -0.05) is 11.6 Å². The van der Waals surface area contributed by atoms with E-state index in [0.29, 0.717) is 10.6 Å². The van der Waals surface area contributed by atoms with Gasteiger partial charge in [-0.15, -0.1) is 0 Å². The zero-order valence-corrected chi connectivity index (χ0v) is 10.2. The second-order valence-corrected chi connectivity index (χ2v) is 5.27. The van der Waals surface area contributed by atoms with Gasteiger partial charge in [0.2, 0.25) is 0 Å². The van der Waals surface area contributed by atoms with Crippen molar-refractivity contribution in [2.24, 2.45) is 11.8 Å². The molecule has 88 valence electrons. The maximum atomic E-state index is 8.82. The van der Waals surface area contributed by atoms with Gasteiger partial charge in [0, 0.05) is 26.2 Å². The fourth-order valence-corrected chi connectivity index (χ4v) is 3.19. The quantitative estimate of drug-likeness (QED) is 0.824. The van der Waals surface area contributed by atoms with Crippen LogP contribution in [0.25, 0.3) is 0 Å². The number of hydrogen-bond donors (Lipinski definition) is 1. The molecule has 2 fully saturated rings. The molecule has 2 atom stereocenters. The molecule has 3 nitrogen and oxygen atoms in total. The highest BCUT2D eigenvalue weighted by Crippen LogP contribution is 2.34. The molecule has 0 amide bonds. The van der Waals surface area contributed by atoms with Crippen LogP contribution in [0.1, 0.15) is 5.56 Å². The molecule has 2 unspecified atom stereocenters. The van der Waals surface area contributed by atoms with Crippen LogP contribution in [0.5, 0.6) is 0 Å². The first kappa shape index (κ1) is 10.9. The summed E-state index contributed by atoms with van der Waals surface area (Å²) in [7, 11) is 0. The summed E-state index contributed by atoms with van der Waals surface area (Å²) in [6.45, 7) is 4.39. The highest BCUT2D eigenvalue weighted by Gasteiger charge is 2.36. The molecule has 3 rings (SSSR count). The second-order valence-electron chi connectivity index (χ2n) is 4.86. The molecular weight excluding hydrogens is 234 g/mol. The molecular formula is C13H14ClN3. The van der Waals surface area contributed by atoms with Crippen LogP contribution in [0.15, 0.2) is 18.2 Å². The lowest BCUT2D eigenvalue weighted by molar-refractivity contribution is 0.533. The number of anilines is 1. The first-order valence-corrected chi connectivity index (χ1v) is 6.31. The van der Waals surface area contributed by atoms with E-state index in [-0.39, 0.29) is 0 Å². The highest BCUT2D eigenvalue weighted by atomic mass is 35.5. The highest BCUT2D eigenvalue weighted by molar-refractivity contribution is 6.33. The van der Waals surface area contributed by atoms with Crippen molar-refractivity contribution in [3.05, 3.63) is 28.8 Å². The molecule has 1 aromatic rings. The molecule has 0 saturated carbocycles. The molecule has 2 heterocycles. The van der Waals surface area contributed by atoms with Gasteiger partial charge >= 0.3 is 0 Å². The van der Waals surface area contributed by atoms with Crippen LogP contribution in [-0.2, 0) is 0 Å². The third kappa shape index (κ3) is 1.88. The lowest BCUT2D eigenvalue weighted by Crippen LogP contribution is -2.25. The monoisotopic (exact) mass is 247 g/mol. The number of fused-ring (bicyclic) bond motifs is 1. The van der Waals surface area contributed by atoms with Crippen molar-refractivity contribution in [2.45, 2.75) is 0 Å². The van der Waals surface area contributed by atoms with E-state index in [4.69, 9.17) is 16.9 Å². The third-order valence-electron chi connectivity index (χ3n) is 3.81. The number of halogens is 1. The first-order valence-electron chi connectivity index (χ1n) is 5.93. The Morgan fingerprint density at radius 3 is 2.59 bits per heavy atom. The minimum Gasteiger partial charge on any atom is -0.370 e. The van der Waals surface area contributed by atoms with Gasteiger partial charge in [-0.25, -0.2) is 0 Å². The largest absolute Gasteiger partial charge is 0.370 e. The Morgan fingerprint density at radius 2 is 2.00 bits per heavy atom. The number of rotatable bonds is 1. The van der Waals surface area contributed by atoms with Crippen LogP contribution < -0.4 is 10.2 Å². The van der Waals surface area contributed by atoms with Crippen molar-refractivity contribution >= 4 is 17.3 Å². The van der Waals surface area contributed by atoms with Crippen molar-refractivity contribution in [3.63, 3.8) is 0 Å². The lowest BCUT2D eigenvalue weighted by atomic mass is 10.0. The van der Waals surface area contributed by atoms with E-state index in [2.05, 4.69) is 16.3 Å². The Bertz CT molecular complexity index is 468. The average molecular weight is 248 g/mol. The Hall–Kier alpha value is -1.24. The third-order valence-corrected chi connectivity index (χ3v) is 4.11. The molecule has 2 saturated heterocycles. The van der Waals surface area contributed by atoms with E-state index in [1.165, 1.54) is 0 Å². The maximum absolute atomic E-state index is 8.82. The fraction of sp³-hybridized carbons (Fsp3) is 0.462. The van der Waals surface area contributed by atoms with Gasteiger partial charge in [-0.2, -0.15) is 5.26 Å². The summed E-state index contributed by atoms with van der Waals surface area (Å²) in [5.41, 5.74) is 1.69. The van der Waals surface area contributed by atoms with Crippen molar-refractivity contribution < 1.29 is 0 Å². The minimum atomic E-state index is 0.625. The van der Waals surface area contributed by atoms with Crippen LogP contribution >= 0.6 is 11.6 Å². The SMILES string of the molecule is N#Cc1ccc(N2CC3CNCC3C2)c(Cl)c1. The van der Waals surface area contributed by atoms with Gasteiger partial charge in [-0.3, -0.25) is 0 Å². The lowest BCUT2D eigenvalue weighted by Gasteiger charge is -2.21. The number of hydrogen-bond acceptors (Lipinski definition) is 3. The Morgan fingerprint density at radius 1 is 1.29 bits per heavy atom. The van der Waals surface area contributed by atoms with Crippen LogP contribution in [0.4, 0.5) is 5.69 Å². The summed E-state index contributed by atoms with van der Waals surface area (Å²) in [6.07, 6.45) is 0. The van der Waals surface area contributed by atoms with E-state index in [9.17, 15) is 0 Å². The maximum Gasteiger partial charge on any atom is 0.0992 e. The summed E-state index contributed by atoms with van der Waals surface area (Å²) in [4.78, 5) is 2.35. The number of nitrogens with one attached hydrogen (secondary N) is 1. The van der Waals surface area contributed by atoms with Crippen molar-refractivity contribution in [1.82, 2.24) is 5.32 Å². The molecule has 0 aromatic heterocycles. The smallest absolute Gasteiger partial charge is 0.0992 e. The van der Waals surface area contributed by atoms with E-state index < -0.39 is 0 Å². The number of benzene rings is 1. The minimum absolute atomic E-state index is 0.625. The van der Waals surface area contributed by atoms with Crippen LogP contribution in [0.2, 0.25) is 5.02 Å². The molecule has 0 radical (unpaired) electrons. The number of nitrogens with zero attached hydrogens (tertiary/aromatic N) is 2. The van der Waals surface area contributed by atoms with E-state index in [1.54, 1.807) is 6.07 Å². The van der Waals surface area contributed by atoms with Gasteiger partial charge in [0.1, 0.15) is 0 Å². The van der Waals surface area contributed by atoms with Crippen LogP contribution in [0, 0.1) is 23.2 Å². The summed E-state index contributed by atoms with van der Waals surface area (Å²) in [5, 5.41) is 12.9. The Kier molecular flexibility index (Phi) is 2.70. The Labute approximate surface area is 106 Å². The molecule has 0 spiro atoms. The van der Waals surface area contributed by atoms with E-state index in [0.717, 1.165) is 43.7 Å². The second kappa shape index (κ2) is 4.21. The fourth-order valence-electron chi connectivity index (χ4n) is 2.88. The topological polar surface area (TPSA) is 39.1 Å². The molecule has 1 N–H and O–H groups in total. The predicted octanol–water partition coefficient (Wildman–Crippen LogP) is 1.87. The summed E-state index contributed by atoms with van der Waals surface area (Å²) >= 11 is 6.24. The van der Waals surface area contributed by atoms with Crippen LogP contribution in [0.3, 0.4) is 0 Å². The van der Waals surface area contributed by atoms with Gasteiger partial charge in [-0.05, 0) is 30.0 Å². The molecule has 0 bridgehead atoms. The van der Waals surface area contributed by atoms with Gasteiger partial charge in [0.05, 0.1) is 22.3 Å². The van der Waals surface area contributed by atoms with Gasteiger partial charge in [0.25, 0.3) is 0 Å². The molecule has 2 aliphatic heterocycles. The average Bonchev–Trinajstić information content (AvgIpc) is 2.89. The van der Waals surface area contributed by atoms with Crippen LogP contribution in [-0.4, -0.2) is 26.2 Å². The van der Waals surface area contributed by atoms with E-state index in [1.807, 2.05) is 12.1 Å². The molecule has 1 aromatic carbocycles. The van der Waals surface area contributed by atoms with Gasteiger partial charge < -0.3 is 10.2 Å². The zero-order chi connectivity index (χ0) is 11.8. The number of nitriles is 1. The van der Waals surface area contributed by atoms with E-state index >= 15 is 0 Å². The first-order chi connectivity index (χ1) is 8.28. The molecule has 4 heteroatoms. The normalized spacial score (nSPS) is 26.9. The van der Waals surface area contributed by atoms with Gasteiger partial charge in [0.15, 0.2) is 0 Å². The molecule has 17 heavy (non-hydrogen) atoms. The standard InChI is InChI=1S/C13H14ClN3/c14-12-3-9(4-15)1-2-13(12)17-7-10-5-16-6-11(10)8-17/h1-3,10-11,16H,5-8H2. The molecule has 2 aliphatic rings. The van der Waals surface area contributed by atoms with Crippen molar-refractivity contribution in [1.29, 1.82) is 5.26 Å². The van der Waals surface area contributed by atoms with Crippen molar-refractivity contribution in [2.75, 3.05) is 31.1 Å².